The number of carbonyl (C=O) groups excluding carboxylic acids is 1. The Hall–Kier alpha value is -1.46. The molecular weight excluding hydrogens is 399 g/mol. The van der Waals surface area contributed by atoms with Gasteiger partial charge in [0, 0.05) is 14.9 Å². The summed E-state index contributed by atoms with van der Waals surface area (Å²) >= 11 is 19.5. The number of aryl methyl sites for hydroxylation is 1. The summed E-state index contributed by atoms with van der Waals surface area (Å²) in [7, 11) is 0. The molecule has 0 aliphatic rings. The summed E-state index contributed by atoms with van der Waals surface area (Å²) in [5.41, 5.74) is 1.89. The molecule has 0 saturated heterocycles. The van der Waals surface area contributed by atoms with E-state index < -0.39 is 0 Å². The van der Waals surface area contributed by atoms with Gasteiger partial charge in [-0.3, -0.25) is 4.79 Å². The van der Waals surface area contributed by atoms with Crippen LogP contribution in [0.2, 0.25) is 15.1 Å². The van der Waals surface area contributed by atoms with Crippen molar-refractivity contribution in [1.82, 2.24) is 9.78 Å². The maximum atomic E-state index is 12.8. The third-order valence-electron chi connectivity index (χ3n) is 3.61. The van der Waals surface area contributed by atoms with Crippen LogP contribution >= 0.6 is 46.6 Å². The molecule has 7 heteroatoms. The van der Waals surface area contributed by atoms with Crippen LogP contribution in [0.25, 0.3) is 0 Å². The van der Waals surface area contributed by atoms with Gasteiger partial charge in [0.2, 0.25) is 0 Å². The second-order valence-corrected chi connectivity index (χ2v) is 7.76. The first-order chi connectivity index (χ1) is 11.9. The number of nitrogens with zero attached hydrogens (tertiary/aromatic N) is 2. The summed E-state index contributed by atoms with van der Waals surface area (Å²) in [6.45, 7) is 3.73. The minimum absolute atomic E-state index is 0.287. The van der Waals surface area contributed by atoms with E-state index in [0.29, 0.717) is 20.6 Å². The van der Waals surface area contributed by atoms with E-state index in [9.17, 15) is 4.79 Å². The van der Waals surface area contributed by atoms with E-state index in [1.807, 2.05) is 38.1 Å². The van der Waals surface area contributed by atoms with Crippen molar-refractivity contribution in [2.75, 3.05) is 0 Å². The van der Waals surface area contributed by atoms with Crippen molar-refractivity contribution in [3.8, 4) is 0 Å². The first kappa shape index (κ1) is 18.3. The molecule has 0 saturated carbocycles. The fourth-order valence-corrected chi connectivity index (χ4v) is 3.92. The summed E-state index contributed by atoms with van der Waals surface area (Å²) in [6, 6.07) is 12.3. The van der Waals surface area contributed by atoms with Crippen molar-refractivity contribution < 1.29 is 4.79 Å². The number of carbonyl (C=O) groups is 1. The highest BCUT2D eigenvalue weighted by Gasteiger charge is 2.20. The maximum absolute atomic E-state index is 12.8. The lowest BCUT2D eigenvalue weighted by atomic mass is 10.2. The largest absolute Gasteiger partial charge is 0.279 e. The van der Waals surface area contributed by atoms with Gasteiger partial charge in [0.25, 0.3) is 5.91 Å². The van der Waals surface area contributed by atoms with E-state index in [1.54, 1.807) is 30.0 Å². The van der Waals surface area contributed by atoms with Crippen molar-refractivity contribution in [2.45, 2.75) is 23.6 Å². The van der Waals surface area contributed by atoms with Gasteiger partial charge in [-0.2, -0.15) is 9.78 Å². The summed E-state index contributed by atoms with van der Waals surface area (Å²) in [6.07, 6.45) is 0. The highest BCUT2D eigenvalue weighted by molar-refractivity contribution is 7.99. The Morgan fingerprint density at radius 1 is 1.00 bits per heavy atom. The molecule has 3 nitrogen and oxygen atoms in total. The quantitative estimate of drug-likeness (QED) is 0.507. The Balaban J connectivity index is 1.96. The van der Waals surface area contributed by atoms with Gasteiger partial charge in [-0.25, -0.2) is 0 Å². The van der Waals surface area contributed by atoms with E-state index in [-0.39, 0.29) is 5.91 Å². The second-order valence-electron chi connectivity index (χ2n) is 5.40. The summed E-state index contributed by atoms with van der Waals surface area (Å²) < 4.78 is 1.38. The van der Waals surface area contributed by atoms with Gasteiger partial charge in [-0.15, -0.1) is 0 Å². The smallest absolute Gasteiger partial charge is 0.267 e. The molecule has 0 atom stereocenters. The van der Waals surface area contributed by atoms with Crippen molar-refractivity contribution in [1.29, 1.82) is 0 Å². The van der Waals surface area contributed by atoms with E-state index in [4.69, 9.17) is 34.8 Å². The second kappa shape index (κ2) is 7.42. The molecule has 3 aromatic rings. The number of halogens is 3. The summed E-state index contributed by atoms with van der Waals surface area (Å²) in [5.74, 6) is -0.287. The first-order valence-corrected chi connectivity index (χ1v) is 9.31. The number of rotatable bonds is 3. The van der Waals surface area contributed by atoms with Crippen LogP contribution in [0.5, 0.6) is 0 Å². The zero-order valence-corrected chi connectivity index (χ0v) is 16.5. The van der Waals surface area contributed by atoms with Crippen LogP contribution < -0.4 is 0 Å². The van der Waals surface area contributed by atoms with Crippen LogP contribution in [-0.2, 0) is 0 Å². The summed E-state index contributed by atoms with van der Waals surface area (Å²) in [4.78, 5) is 14.8. The zero-order valence-electron chi connectivity index (χ0n) is 13.4. The molecule has 0 radical (unpaired) electrons. The number of hydrogen-bond donors (Lipinski definition) is 0. The van der Waals surface area contributed by atoms with Gasteiger partial charge in [-0.05, 0) is 56.3 Å². The number of hydrogen-bond acceptors (Lipinski definition) is 3. The Morgan fingerprint density at radius 3 is 2.28 bits per heavy atom. The molecule has 2 aromatic carbocycles. The van der Waals surface area contributed by atoms with Crippen LogP contribution in [-0.4, -0.2) is 15.7 Å². The van der Waals surface area contributed by atoms with Crippen molar-refractivity contribution in [2.24, 2.45) is 0 Å². The van der Waals surface area contributed by atoms with Crippen LogP contribution in [0.3, 0.4) is 0 Å². The molecule has 0 fully saturated rings. The lowest BCUT2D eigenvalue weighted by Gasteiger charge is -2.06. The standard InChI is InChI=1S/C18H13Cl3N2OS/c1-10-17(25-14-6-3-12(19)4-7-14)11(2)23(22-10)18(24)15-8-5-13(20)9-16(15)21/h3-9H,1-2H3. The van der Waals surface area contributed by atoms with Crippen molar-refractivity contribution in [3.63, 3.8) is 0 Å². The van der Waals surface area contributed by atoms with Crippen molar-refractivity contribution >= 4 is 52.5 Å². The van der Waals surface area contributed by atoms with Crippen LogP contribution in [0.15, 0.2) is 52.3 Å². The van der Waals surface area contributed by atoms with Crippen molar-refractivity contribution in [3.05, 3.63) is 74.5 Å². The minimum atomic E-state index is -0.287. The number of aromatic nitrogens is 2. The Labute approximate surface area is 164 Å². The van der Waals surface area contributed by atoms with E-state index in [1.165, 1.54) is 4.68 Å². The topological polar surface area (TPSA) is 34.9 Å². The maximum Gasteiger partial charge on any atom is 0.279 e. The fourth-order valence-electron chi connectivity index (χ4n) is 2.37. The van der Waals surface area contributed by atoms with E-state index in [0.717, 1.165) is 21.2 Å². The monoisotopic (exact) mass is 410 g/mol. The highest BCUT2D eigenvalue weighted by Crippen LogP contribution is 2.34. The molecule has 25 heavy (non-hydrogen) atoms. The predicted octanol–water partition coefficient (Wildman–Crippen LogP) is 6.30. The SMILES string of the molecule is Cc1nn(C(=O)c2ccc(Cl)cc2Cl)c(C)c1Sc1ccc(Cl)cc1. The molecule has 0 amide bonds. The average Bonchev–Trinajstić information content (AvgIpc) is 2.84. The van der Waals surface area contributed by atoms with Crippen LogP contribution in [0.4, 0.5) is 0 Å². The van der Waals surface area contributed by atoms with Gasteiger partial charge >= 0.3 is 0 Å². The Kier molecular flexibility index (Phi) is 5.44. The summed E-state index contributed by atoms with van der Waals surface area (Å²) in [5, 5.41) is 5.86. The van der Waals surface area contributed by atoms with Gasteiger partial charge < -0.3 is 0 Å². The normalized spacial score (nSPS) is 10.9. The molecule has 0 unspecified atom stereocenters. The number of benzene rings is 2. The molecule has 1 heterocycles. The molecule has 0 aliphatic heterocycles. The van der Waals surface area contributed by atoms with Gasteiger partial charge in [-0.1, -0.05) is 46.6 Å². The first-order valence-electron chi connectivity index (χ1n) is 7.36. The third-order valence-corrected chi connectivity index (χ3v) is 5.71. The lowest BCUT2D eigenvalue weighted by Crippen LogP contribution is -2.15. The van der Waals surface area contributed by atoms with E-state index in [2.05, 4.69) is 5.10 Å². The molecule has 1 aromatic heterocycles. The molecule has 0 aliphatic carbocycles. The molecular formula is C18H13Cl3N2OS. The molecule has 3 rings (SSSR count). The highest BCUT2D eigenvalue weighted by atomic mass is 35.5. The fraction of sp³-hybridized carbons (Fsp3) is 0.111. The average molecular weight is 412 g/mol. The Morgan fingerprint density at radius 2 is 1.64 bits per heavy atom. The van der Waals surface area contributed by atoms with Crippen LogP contribution in [0, 0.1) is 13.8 Å². The Bertz CT molecular complexity index is 952. The molecule has 128 valence electrons. The third kappa shape index (κ3) is 3.87. The predicted molar refractivity (Wildman–Crippen MR) is 103 cm³/mol. The van der Waals surface area contributed by atoms with E-state index >= 15 is 0 Å². The zero-order chi connectivity index (χ0) is 18.1. The minimum Gasteiger partial charge on any atom is -0.267 e. The van der Waals surface area contributed by atoms with Gasteiger partial charge in [0.1, 0.15) is 0 Å². The molecule has 0 spiro atoms. The molecule has 0 bridgehead atoms. The van der Waals surface area contributed by atoms with Gasteiger partial charge in [0.05, 0.1) is 26.9 Å². The molecule has 0 N–H and O–H groups in total. The lowest BCUT2D eigenvalue weighted by molar-refractivity contribution is 0.0942. The van der Waals surface area contributed by atoms with Gasteiger partial charge in [0.15, 0.2) is 0 Å². The van der Waals surface area contributed by atoms with Crippen LogP contribution in [0.1, 0.15) is 21.7 Å².